The molecule has 2 aromatic rings. The van der Waals surface area contributed by atoms with Gasteiger partial charge in [-0.05, 0) is 59.4 Å². The molecule has 0 aliphatic heterocycles. The first-order chi connectivity index (χ1) is 15.4. The van der Waals surface area contributed by atoms with Gasteiger partial charge in [0, 0.05) is 6.61 Å². The average molecular weight is 453 g/mol. The van der Waals surface area contributed by atoms with Gasteiger partial charge < -0.3 is 9.53 Å². The molecule has 0 radical (unpaired) electrons. The maximum absolute atomic E-state index is 11.6. The van der Waals surface area contributed by atoms with Crippen LogP contribution in [-0.4, -0.2) is 14.9 Å². The molecule has 0 bridgehead atoms. The minimum atomic E-state index is -2.40. The summed E-state index contributed by atoms with van der Waals surface area (Å²) in [5, 5.41) is 14.3. The molecule has 0 fully saturated rings. The van der Waals surface area contributed by atoms with Crippen molar-refractivity contribution in [2.24, 2.45) is 11.8 Å². The van der Waals surface area contributed by atoms with Gasteiger partial charge in [-0.15, -0.1) is 5.76 Å². The Hall–Kier alpha value is -1.51. The van der Waals surface area contributed by atoms with Crippen LogP contribution in [0.2, 0.25) is 5.04 Å². The summed E-state index contributed by atoms with van der Waals surface area (Å²) in [6.45, 7) is 7.82. The van der Waals surface area contributed by atoms with E-state index in [1.54, 1.807) is 5.57 Å². The number of benzene rings is 2. The van der Waals surface area contributed by atoms with Gasteiger partial charge in [0.05, 0.1) is 0 Å². The molecule has 2 atom stereocenters. The molecule has 33 heavy (non-hydrogen) atoms. The van der Waals surface area contributed by atoms with Crippen molar-refractivity contribution in [1.82, 2.24) is 0 Å². The Morgan fingerprint density at radius 2 is 1.45 bits per heavy atom. The smallest absolute Gasteiger partial charge is 0.876 e. The summed E-state index contributed by atoms with van der Waals surface area (Å²) in [5.74, 6) is 1.34. The molecule has 4 rings (SSSR count). The zero-order chi connectivity index (χ0) is 22.6. The summed E-state index contributed by atoms with van der Waals surface area (Å²) in [5.41, 5.74) is 1.57. The van der Waals surface area contributed by atoms with Gasteiger partial charge >= 0.3 is 18.9 Å². The third kappa shape index (κ3) is 5.77. The van der Waals surface area contributed by atoms with Crippen LogP contribution in [0.1, 0.15) is 59.3 Å². The van der Waals surface area contributed by atoms with Crippen LogP contribution in [0.5, 0.6) is 0 Å². The van der Waals surface area contributed by atoms with Gasteiger partial charge in [0.15, 0.2) is 0 Å². The largest absolute Gasteiger partial charge is 1.00 e. The number of allylic oxidation sites excluding steroid dienone is 4. The second-order valence-electron chi connectivity index (χ2n) is 10.5. The molecule has 4 heteroatoms. The van der Waals surface area contributed by atoms with Crippen molar-refractivity contribution < 1.29 is 28.4 Å². The monoisotopic (exact) mass is 452 g/mol. The summed E-state index contributed by atoms with van der Waals surface area (Å²) in [7, 11) is -2.40. The third-order valence-electron chi connectivity index (χ3n) is 7.22. The van der Waals surface area contributed by atoms with Gasteiger partial charge in [0.1, 0.15) is 0 Å². The van der Waals surface area contributed by atoms with Crippen LogP contribution in [0, 0.1) is 11.8 Å². The van der Waals surface area contributed by atoms with E-state index >= 15 is 0 Å². The molecule has 0 amide bonds. The number of unbranched alkanes of at least 4 members (excludes halogenated alkanes) is 2. The fraction of sp³-hybridized carbons (Fsp3) is 0.448. The minimum absolute atomic E-state index is 0. The first kappa shape index (κ1) is 26.1. The number of hydrogen-bond acceptors (Lipinski definition) is 2. The van der Waals surface area contributed by atoms with Crippen molar-refractivity contribution >= 4 is 18.7 Å². The van der Waals surface area contributed by atoms with E-state index < -0.39 is 8.32 Å². The average Bonchev–Trinajstić information content (AvgIpc) is 3.30. The van der Waals surface area contributed by atoms with Crippen LogP contribution in [0.3, 0.4) is 0 Å². The topological polar surface area (TPSA) is 32.3 Å². The predicted octanol–water partition coefficient (Wildman–Crippen LogP) is 2.34. The Labute approximate surface area is 213 Å². The molecule has 0 saturated carbocycles. The van der Waals surface area contributed by atoms with E-state index in [9.17, 15) is 5.11 Å². The molecular formula is C29H37LiO2Si. The number of fused-ring (bicyclic) bond motifs is 1. The quantitative estimate of drug-likeness (QED) is 0.332. The van der Waals surface area contributed by atoms with Gasteiger partial charge in [-0.1, -0.05) is 106 Å². The van der Waals surface area contributed by atoms with Gasteiger partial charge in [-0.3, -0.25) is 0 Å². The zero-order valence-corrected chi connectivity index (χ0v) is 21.8. The molecular weight excluding hydrogens is 415 g/mol. The SMILES string of the molecule is CC(C)(C)[Si](OCCCCCC1=C[C@H]2C=C([O-])C[C@H]2C1)(c1ccccc1)c1ccccc1.[Li+]. The number of hydrogen-bond donors (Lipinski definition) is 0. The Morgan fingerprint density at radius 3 is 2.00 bits per heavy atom. The standard InChI is InChI=1S/C29H38O2Si.Li/c1-29(2,3)32(27-14-8-4-9-15-27,28-16-10-5-11-17-28)31-18-12-6-7-13-23-19-24-21-26(30)22-25(24)20-23;/h4-5,8-11,14-17,19,21,24-25,30H,6-7,12-13,18,20,22H2,1-3H3;/q;+1/p-1/t24-,25+;/m0./s1. The van der Waals surface area contributed by atoms with Crippen molar-refractivity contribution in [2.75, 3.05) is 6.61 Å². The van der Waals surface area contributed by atoms with Crippen molar-refractivity contribution in [3.05, 3.63) is 84.1 Å². The van der Waals surface area contributed by atoms with E-state index in [4.69, 9.17) is 4.43 Å². The van der Waals surface area contributed by atoms with Crippen LogP contribution in [0.25, 0.3) is 0 Å². The first-order valence-electron chi connectivity index (χ1n) is 12.2. The summed E-state index contributed by atoms with van der Waals surface area (Å²) >= 11 is 0. The van der Waals surface area contributed by atoms with Gasteiger partial charge in [0.2, 0.25) is 0 Å². The summed E-state index contributed by atoms with van der Waals surface area (Å²) < 4.78 is 6.99. The molecule has 0 aromatic heterocycles. The second-order valence-corrected chi connectivity index (χ2v) is 14.8. The molecule has 0 N–H and O–H groups in total. The van der Waals surface area contributed by atoms with Crippen molar-refractivity contribution in [3.8, 4) is 0 Å². The Kier molecular flexibility index (Phi) is 8.92. The third-order valence-corrected chi connectivity index (χ3v) is 12.3. The van der Waals surface area contributed by atoms with Crippen LogP contribution in [0.4, 0.5) is 0 Å². The van der Waals surface area contributed by atoms with Crippen LogP contribution in [0.15, 0.2) is 84.1 Å². The molecule has 2 aliphatic carbocycles. The van der Waals surface area contributed by atoms with Crippen molar-refractivity contribution in [2.45, 2.75) is 64.3 Å². The van der Waals surface area contributed by atoms with Gasteiger partial charge in [-0.25, -0.2) is 0 Å². The predicted molar refractivity (Wildman–Crippen MR) is 134 cm³/mol. The Morgan fingerprint density at radius 1 is 0.848 bits per heavy atom. The maximum Gasteiger partial charge on any atom is 1.00 e. The van der Waals surface area contributed by atoms with E-state index in [0.29, 0.717) is 17.6 Å². The fourth-order valence-electron chi connectivity index (χ4n) is 5.69. The summed E-state index contributed by atoms with van der Waals surface area (Å²) in [4.78, 5) is 0. The van der Waals surface area contributed by atoms with E-state index in [-0.39, 0.29) is 23.9 Å². The molecule has 0 unspecified atom stereocenters. The molecule has 0 saturated heterocycles. The molecule has 2 aromatic carbocycles. The molecule has 2 aliphatic rings. The molecule has 0 heterocycles. The molecule has 0 spiro atoms. The number of rotatable bonds is 9. The second kappa shape index (κ2) is 11.3. The summed E-state index contributed by atoms with van der Waals surface area (Å²) in [6, 6.07) is 21.8. The van der Waals surface area contributed by atoms with E-state index in [1.807, 2.05) is 6.08 Å². The van der Waals surface area contributed by atoms with Crippen LogP contribution < -0.4 is 34.3 Å². The van der Waals surface area contributed by atoms with Crippen molar-refractivity contribution in [3.63, 3.8) is 0 Å². The van der Waals surface area contributed by atoms with E-state index in [1.165, 1.54) is 29.6 Å². The van der Waals surface area contributed by atoms with E-state index in [0.717, 1.165) is 25.9 Å². The zero-order valence-electron chi connectivity index (χ0n) is 20.8. The molecule has 170 valence electrons. The first-order valence-corrected chi connectivity index (χ1v) is 14.1. The van der Waals surface area contributed by atoms with E-state index in [2.05, 4.69) is 87.5 Å². The van der Waals surface area contributed by atoms with Crippen LogP contribution in [-0.2, 0) is 4.43 Å². The normalized spacial score (nSPS) is 20.1. The van der Waals surface area contributed by atoms with Crippen LogP contribution >= 0.6 is 0 Å². The molecule has 2 nitrogen and oxygen atoms in total. The minimum Gasteiger partial charge on any atom is -0.876 e. The van der Waals surface area contributed by atoms with Crippen molar-refractivity contribution in [1.29, 1.82) is 0 Å². The van der Waals surface area contributed by atoms with Gasteiger partial charge in [-0.2, -0.15) is 0 Å². The fourth-order valence-corrected chi connectivity index (χ4v) is 10.3. The summed E-state index contributed by atoms with van der Waals surface area (Å²) in [6.07, 6.45) is 10.9. The Balaban J connectivity index is 0.00000306. The Bertz CT molecular complexity index is 907. The van der Waals surface area contributed by atoms with Gasteiger partial charge in [0.25, 0.3) is 8.32 Å². The maximum atomic E-state index is 11.6.